The lowest BCUT2D eigenvalue weighted by Gasteiger charge is -2.00. The summed E-state index contributed by atoms with van der Waals surface area (Å²) in [6, 6.07) is 0. The normalized spacial score (nSPS) is 9.09. The van der Waals surface area contributed by atoms with E-state index in [1.165, 1.54) is 6.33 Å². The number of hydrogen-bond acceptors (Lipinski definition) is 4. The van der Waals surface area contributed by atoms with E-state index in [4.69, 9.17) is 18.0 Å². The zero-order chi connectivity index (χ0) is 8.27. The summed E-state index contributed by atoms with van der Waals surface area (Å²) in [5, 5.41) is 2.34. The van der Waals surface area contributed by atoms with Gasteiger partial charge < -0.3 is 16.0 Å². The molecule has 0 aliphatic heterocycles. The maximum atomic E-state index is 10.0. The second kappa shape index (κ2) is 3.11. The first-order chi connectivity index (χ1) is 5.25. The van der Waals surface area contributed by atoms with E-state index in [-0.39, 0.29) is 4.64 Å². The number of hydrogen-bond donors (Lipinski definition) is 3. The molecule has 0 spiro atoms. The van der Waals surface area contributed by atoms with E-state index < -0.39 is 0 Å². The molecular weight excluding hydrogens is 164 g/mol. The monoisotopic (exact) mass is 170 g/mol. The molecule has 11 heavy (non-hydrogen) atoms. The number of nitrogen functional groups attached to an aromatic ring is 1. The Morgan fingerprint density at radius 2 is 2.55 bits per heavy atom. The average Bonchev–Trinajstić information content (AvgIpc) is 1.97. The number of nitrogens with one attached hydrogen (secondary N) is 2. The third-order valence-corrected chi connectivity index (χ3v) is 1.40. The Hall–Kier alpha value is -1.43. The largest absolute Gasteiger partial charge is 0.383 e. The molecule has 0 atom stereocenters. The van der Waals surface area contributed by atoms with E-state index in [1.54, 1.807) is 0 Å². The van der Waals surface area contributed by atoms with Crippen LogP contribution in [0.5, 0.6) is 0 Å². The first kappa shape index (κ1) is 7.67. The molecule has 0 aliphatic rings. The molecule has 0 saturated heterocycles. The van der Waals surface area contributed by atoms with Crippen LogP contribution in [0.2, 0.25) is 0 Å². The van der Waals surface area contributed by atoms with Gasteiger partial charge in [-0.05, 0) is 0 Å². The minimum atomic E-state index is 0.272. The van der Waals surface area contributed by atoms with Crippen LogP contribution < -0.4 is 11.1 Å². The molecule has 0 bridgehead atoms. The van der Waals surface area contributed by atoms with Gasteiger partial charge in [-0.25, -0.2) is 4.98 Å². The summed E-state index contributed by atoms with van der Waals surface area (Å²) in [5.74, 6) is 0.303. The Morgan fingerprint density at radius 1 is 1.82 bits per heavy atom. The molecule has 1 aromatic heterocycles. The Morgan fingerprint density at radius 3 is 3.09 bits per heavy atom. The molecule has 0 unspecified atom stereocenters. The number of H-pyrrole nitrogens is 1. The number of aromatic nitrogens is 2. The molecule has 4 N–H and O–H groups in total. The van der Waals surface area contributed by atoms with Crippen LogP contribution in [0.25, 0.3) is 0 Å². The second-order valence-electron chi connectivity index (χ2n) is 1.76. The van der Waals surface area contributed by atoms with Gasteiger partial charge in [-0.2, -0.15) is 0 Å². The maximum Gasteiger partial charge on any atom is 0.211 e. The minimum absolute atomic E-state index is 0.272. The zero-order valence-electron chi connectivity index (χ0n) is 5.50. The van der Waals surface area contributed by atoms with Crippen molar-refractivity contribution >= 4 is 30.1 Å². The van der Waals surface area contributed by atoms with Gasteiger partial charge in [0.25, 0.3) is 0 Å². The van der Waals surface area contributed by atoms with E-state index in [0.717, 1.165) is 0 Å². The summed E-state index contributed by atoms with van der Waals surface area (Å²) in [6.45, 7) is 0. The highest BCUT2D eigenvalue weighted by atomic mass is 32.1. The first-order valence-electron chi connectivity index (χ1n) is 2.79. The number of carbonyl (C=O) groups is 1. The number of nitrogens with two attached hydrogens (primary N) is 1. The Balaban J connectivity index is 3.20. The SMILES string of the molecule is Nc1[nH]cnc(=S)c1NC=O. The topological polar surface area (TPSA) is 83.8 Å². The van der Waals surface area contributed by atoms with Crippen molar-refractivity contribution in [3.63, 3.8) is 0 Å². The minimum Gasteiger partial charge on any atom is -0.383 e. The number of anilines is 2. The van der Waals surface area contributed by atoms with Crippen molar-refractivity contribution in [3.8, 4) is 0 Å². The molecule has 58 valence electrons. The molecule has 1 heterocycles. The predicted molar refractivity (Wildman–Crippen MR) is 43.5 cm³/mol. The lowest BCUT2D eigenvalue weighted by Crippen LogP contribution is -2.02. The smallest absolute Gasteiger partial charge is 0.211 e. The van der Waals surface area contributed by atoms with E-state index in [1.807, 2.05) is 0 Å². The highest BCUT2D eigenvalue weighted by molar-refractivity contribution is 7.71. The summed E-state index contributed by atoms with van der Waals surface area (Å²) in [4.78, 5) is 16.3. The molecule has 1 amide bonds. The Labute approximate surface area is 67.6 Å². The van der Waals surface area contributed by atoms with Gasteiger partial charge in [-0.3, -0.25) is 4.79 Å². The van der Waals surface area contributed by atoms with Gasteiger partial charge >= 0.3 is 0 Å². The molecule has 0 fully saturated rings. The fraction of sp³-hybridized carbons (Fsp3) is 0. The van der Waals surface area contributed by atoms with Gasteiger partial charge in [0.1, 0.15) is 11.5 Å². The fourth-order valence-corrected chi connectivity index (χ4v) is 0.832. The van der Waals surface area contributed by atoms with Gasteiger partial charge in [-0.15, -0.1) is 0 Å². The number of amides is 1. The molecule has 0 aromatic carbocycles. The van der Waals surface area contributed by atoms with Crippen LogP contribution in [0, 0.1) is 4.64 Å². The maximum absolute atomic E-state index is 10.0. The summed E-state index contributed by atoms with van der Waals surface area (Å²) in [6.07, 6.45) is 1.87. The van der Waals surface area contributed by atoms with Gasteiger partial charge in [0.2, 0.25) is 6.41 Å². The van der Waals surface area contributed by atoms with Crippen molar-refractivity contribution in [2.75, 3.05) is 11.1 Å². The molecule has 6 heteroatoms. The zero-order valence-corrected chi connectivity index (χ0v) is 6.31. The van der Waals surface area contributed by atoms with Crippen LogP contribution in [0.4, 0.5) is 11.5 Å². The van der Waals surface area contributed by atoms with Gasteiger partial charge in [0.05, 0.1) is 6.33 Å². The van der Waals surface area contributed by atoms with Crippen LogP contribution in [0.3, 0.4) is 0 Å². The molecular formula is C5H6N4OS. The van der Waals surface area contributed by atoms with Crippen molar-refractivity contribution < 1.29 is 4.79 Å². The number of nitrogens with zero attached hydrogens (tertiary/aromatic N) is 1. The number of rotatable bonds is 2. The summed E-state index contributed by atoms with van der Waals surface area (Å²) in [5.41, 5.74) is 5.77. The van der Waals surface area contributed by atoms with Crippen molar-refractivity contribution in [3.05, 3.63) is 11.0 Å². The molecule has 5 nitrogen and oxygen atoms in total. The van der Waals surface area contributed by atoms with Crippen LogP contribution in [-0.2, 0) is 4.79 Å². The highest BCUT2D eigenvalue weighted by Crippen LogP contribution is 2.12. The van der Waals surface area contributed by atoms with E-state index >= 15 is 0 Å². The standard InChI is InChI=1S/C5H6N4OS/c6-4-3(9-2-10)5(11)8-1-7-4/h1-2H,(H,9,10)(H3,6,7,8,11). The van der Waals surface area contributed by atoms with E-state index in [0.29, 0.717) is 17.9 Å². The molecule has 1 aromatic rings. The number of aromatic amines is 1. The number of carbonyl (C=O) groups excluding carboxylic acids is 1. The lowest BCUT2D eigenvalue weighted by molar-refractivity contribution is -0.105. The quantitative estimate of drug-likeness (QED) is 0.440. The van der Waals surface area contributed by atoms with Crippen molar-refractivity contribution in [1.29, 1.82) is 0 Å². The van der Waals surface area contributed by atoms with Gasteiger partial charge in [-0.1, -0.05) is 12.2 Å². The van der Waals surface area contributed by atoms with Gasteiger partial charge in [0, 0.05) is 0 Å². The molecule has 1 rings (SSSR count). The van der Waals surface area contributed by atoms with Crippen molar-refractivity contribution in [1.82, 2.24) is 9.97 Å². The van der Waals surface area contributed by atoms with Crippen molar-refractivity contribution in [2.45, 2.75) is 0 Å². The van der Waals surface area contributed by atoms with Crippen molar-refractivity contribution in [2.24, 2.45) is 0 Å². The lowest BCUT2D eigenvalue weighted by atomic mass is 10.5. The van der Waals surface area contributed by atoms with E-state index in [2.05, 4.69) is 15.3 Å². The predicted octanol–water partition coefficient (Wildman–Crippen LogP) is 0.290. The second-order valence-corrected chi connectivity index (χ2v) is 2.15. The summed E-state index contributed by atoms with van der Waals surface area (Å²) < 4.78 is 0.272. The first-order valence-corrected chi connectivity index (χ1v) is 3.20. The van der Waals surface area contributed by atoms with E-state index in [9.17, 15) is 4.79 Å². The summed E-state index contributed by atoms with van der Waals surface area (Å²) in [7, 11) is 0. The summed E-state index contributed by atoms with van der Waals surface area (Å²) >= 11 is 4.77. The van der Waals surface area contributed by atoms with Crippen LogP contribution >= 0.6 is 12.2 Å². The third kappa shape index (κ3) is 1.53. The van der Waals surface area contributed by atoms with Crippen LogP contribution in [0.15, 0.2) is 6.33 Å². The van der Waals surface area contributed by atoms with Crippen LogP contribution in [-0.4, -0.2) is 16.4 Å². The molecule has 0 radical (unpaired) electrons. The molecule has 0 aliphatic carbocycles. The Bertz CT molecular complexity index is 321. The molecule has 0 saturated carbocycles. The third-order valence-electron chi connectivity index (χ3n) is 1.09. The Kier molecular flexibility index (Phi) is 2.17. The van der Waals surface area contributed by atoms with Gasteiger partial charge in [0.15, 0.2) is 4.64 Å². The fourth-order valence-electron chi connectivity index (χ4n) is 0.611. The highest BCUT2D eigenvalue weighted by Gasteiger charge is 1.98. The average molecular weight is 170 g/mol. The van der Waals surface area contributed by atoms with Crippen LogP contribution in [0.1, 0.15) is 0 Å².